The number of hydrogen-bond acceptors (Lipinski definition) is 1. The number of ether oxygens (including phenoxy) is 1. The van der Waals surface area contributed by atoms with Gasteiger partial charge in [0.15, 0.2) is 0 Å². The van der Waals surface area contributed by atoms with E-state index < -0.39 is 0 Å². The zero-order chi connectivity index (χ0) is 13.1. The van der Waals surface area contributed by atoms with Crippen molar-refractivity contribution in [2.24, 2.45) is 0 Å². The van der Waals surface area contributed by atoms with Gasteiger partial charge in [-0.3, -0.25) is 0 Å². The monoisotopic (exact) mass is 304 g/mol. The van der Waals surface area contributed by atoms with Gasteiger partial charge in [0, 0.05) is 21.7 Å². The third kappa shape index (κ3) is 3.29. The molecule has 0 spiro atoms. The van der Waals surface area contributed by atoms with Crippen LogP contribution >= 0.6 is 34.8 Å². The first-order valence-electron chi connectivity index (χ1n) is 5.08. The van der Waals surface area contributed by atoms with Gasteiger partial charge in [-0.15, -0.1) is 0 Å². The van der Waals surface area contributed by atoms with Gasteiger partial charge in [0.05, 0.1) is 5.02 Å². The molecule has 1 nitrogen and oxygen atoms in total. The van der Waals surface area contributed by atoms with E-state index >= 15 is 0 Å². The van der Waals surface area contributed by atoms with E-state index in [9.17, 15) is 4.39 Å². The Morgan fingerprint density at radius 1 is 0.944 bits per heavy atom. The SMILES string of the molecule is Fc1ccc(Cl)cc1COc1cc(Cl)ccc1Cl. The average molecular weight is 306 g/mol. The third-order valence-corrected chi connectivity index (χ3v) is 3.07. The van der Waals surface area contributed by atoms with Crippen molar-refractivity contribution in [3.05, 3.63) is 62.8 Å². The van der Waals surface area contributed by atoms with Crippen LogP contribution < -0.4 is 4.74 Å². The largest absolute Gasteiger partial charge is 0.487 e. The van der Waals surface area contributed by atoms with Crippen LogP contribution in [0.2, 0.25) is 15.1 Å². The van der Waals surface area contributed by atoms with Crippen LogP contribution in [-0.2, 0) is 6.61 Å². The molecule has 0 amide bonds. The predicted molar refractivity (Wildman–Crippen MR) is 72.2 cm³/mol. The summed E-state index contributed by atoms with van der Waals surface area (Å²) in [7, 11) is 0. The van der Waals surface area contributed by atoms with E-state index in [0.717, 1.165) is 0 Å². The topological polar surface area (TPSA) is 9.23 Å². The van der Waals surface area contributed by atoms with Gasteiger partial charge in [-0.05, 0) is 30.3 Å². The molecule has 0 fully saturated rings. The average Bonchev–Trinajstić information content (AvgIpc) is 2.34. The minimum absolute atomic E-state index is 0.0342. The second-order valence-electron chi connectivity index (χ2n) is 3.60. The lowest BCUT2D eigenvalue weighted by Crippen LogP contribution is -1.99. The summed E-state index contributed by atoms with van der Waals surface area (Å²) in [4.78, 5) is 0. The molecule has 0 saturated heterocycles. The van der Waals surface area contributed by atoms with Crippen molar-refractivity contribution in [3.8, 4) is 5.75 Å². The zero-order valence-electron chi connectivity index (χ0n) is 9.09. The molecule has 0 aliphatic heterocycles. The number of hydrogen-bond donors (Lipinski definition) is 0. The molecular weight excluding hydrogens is 297 g/mol. The van der Waals surface area contributed by atoms with Gasteiger partial charge < -0.3 is 4.74 Å². The number of rotatable bonds is 3. The Labute approximate surface area is 119 Å². The summed E-state index contributed by atoms with van der Waals surface area (Å²) >= 11 is 17.5. The molecule has 0 radical (unpaired) electrons. The molecule has 18 heavy (non-hydrogen) atoms. The Bertz CT molecular complexity index is 521. The van der Waals surface area contributed by atoms with E-state index in [2.05, 4.69) is 0 Å². The molecular formula is C13H8Cl3FO. The van der Waals surface area contributed by atoms with Gasteiger partial charge in [0.1, 0.15) is 18.2 Å². The van der Waals surface area contributed by atoms with Gasteiger partial charge in [0.25, 0.3) is 0 Å². The first-order valence-corrected chi connectivity index (χ1v) is 6.21. The fourth-order valence-corrected chi connectivity index (χ4v) is 1.93. The highest BCUT2D eigenvalue weighted by Gasteiger charge is 2.07. The minimum atomic E-state index is -0.377. The van der Waals surface area contributed by atoms with Crippen molar-refractivity contribution in [2.45, 2.75) is 6.61 Å². The molecule has 0 aromatic heterocycles. The first kappa shape index (κ1) is 13.5. The van der Waals surface area contributed by atoms with Gasteiger partial charge in [-0.2, -0.15) is 0 Å². The molecule has 2 rings (SSSR count). The van der Waals surface area contributed by atoms with Crippen molar-refractivity contribution < 1.29 is 9.13 Å². The molecule has 0 unspecified atom stereocenters. The van der Waals surface area contributed by atoms with Crippen molar-refractivity contribution in [1.29, 1.82) is 0 Å². The summed E-state index contributed by atoms with van der Waals surface area (Å²) < 4.78 is 18.9. The summed E-state index contributed by atoms with van der Waals surface area (Å²) in [5.41, 5.74) is 0.360. The lowest BCUT2D eigenvalue weighted by Gasteiger charge is -2.09. The smallest absolute Gasteiger partial charge is 0.139 e. The maximum absolute atomic E-state index is 13.5. The standard InChI is InChI=1S/C13H8Cl3FO/c14-9-2-4-12(17)8(5-9)7-18-13-6-10(15)1-3-11(13)16/h1-6H,7H2. The molecule has 0 bridgehead atoms. The van der Waals surface area contributed by atoms with Crippen LogP contribution in [0.5, 0.6) is 5.75 Å². The van der Waals surface area contributed by atoms with Crippen LogP contribution in [0.4, 0.5) is 4.39 Å². The summed E-state index contributed by atoms with van der Waals surface area (Å²) in [5.74, 6) is 0.0288. The molecule has 0 aliphatic carbocycles. The number of halogens is 4. The second-order valence-corrected chi connectivity index (χ2v) is 4.88. The van der Waals surface area contributed by atoms with Crippen molar-refractivity contribution >= 4 is 34.8 Å². The van der Waals surface area contributed by atoms with Crippen LogP contribution in [0.15, 0.2) is 36.4 Å². The van der Waals surface area contributed by atoms with Crippen molar-refractivity contribution in [3.63, 3.8) is 0 Å². The van der Waals surface area contributed by atoms with Crippen LogP contribution in [0.1, 0.15) is 5.56 Å². The Morgan fingerprint density at radius 3 is 2.39 bits per heavy atom. The maximum Gasteiger partial charge on any atom is 0.139 e. The lowest BCUT2D eigenvalue weighted by molar-refractivity contribution is 0.300. The first-order chi connectivity index (χ1) is 8.56. The van der Waals surface area contributed by atoms with Gasteiger partial charge in [-0.1, -0.05) is 34.8 Å². The summed E-state index contributed by atoms with van der Waals surface area (Å²) in [6.07, 6.45) is 0. The maximum atomic E-state index is 13.5. The van der Waals surface area contributed by atoms with Crippen LogP contribution in [0.25, 0.3) is 0 Å². The highest BCUT2D eigenvalue weighted by Crippen LogP contribution is 2.28. The highest BCUT2D eigenvalue weighted by atomic mass is 35.5. The summed E-state index contributed by atoms with van der Waals surface area (Å²) in [5, 5.41) is 1.37. The van der Waals surface area contributed by atoms with Gasteiger partial charge in [-0.25, -0.2) is 4.39 Å². The van der Waals surface area contributed by atoms with Crippen LogP contribution in [0, 0.1) is 5.82 Å². The van der Waals surface area contributed by atoms with Gasteiger partial charge in [0.2, 0.25) is 0 Å². The lowest BCUT2D eigenvalue weighted by atomic mass is 10.2. The predicted octanol–water partition coefficient (Wildman–Crippen LogP) is 5.36. The molecule has 0 heterocycles. The van der Waals surface area contributed by atoms with Crippen molar-refractivity contribution in [2.75, 3.05) is 0 Å². The fraction of sp³-hybridized carbons (Fsp3) is 0.0769. The Hall–Kier alpha value is -0.960. The van der Waals surface area contributed by atoms with Crippen molar-refractivity contribution in [1.82, 2.24) is 0 Å². The molecule has 94 valence electrons. The molecule has 0 aliphatic rings. The minimum Gasteiger partial charge on any atom is -0.487 e. The summed E-state index contributed by atoms with van der Waals surface area (Å²) in [6, 6.07) is 9.12. The van der Waals surface area contributed by atoms with Crippen LogP contribution in [0.3, 0.4) is 0 Å². The second kappa shape index (κ2) is 5.79. The Balaban J connectivity index is 2.16. The Kier molecular flexibility index (Phi) is 4.33. The zero-order valence-corrected chi connectivity index (χ0v) is 11.4. The molecule has 2 aromatic carbocycles. The highest BCUT2D eigenvalue weighted by molar-refractivity contribution is 6.34. The van der Waals surface area contributed by atoms with E-state index in [1.54, 1.807) is 18.2 Å². The van der Waals surface area contributed by atoms with E-state index in [-0.39, 0.29) is 12.4 Å². The molecule has 0 N–H and O–H groups in total. The molecule has 0 atom stereocenters. The van der Waals surface area contributed by atoms with E-state index in [0.29, 0.717) is 26.4 Å². The fourth-order valence-electron chi connectivity index (χ4n) is 1.40. The quantitative estimate of drug-likeness (QED) is 0.741. The van der Waals surface area contributed by atoms with Gasteiger partial charge >= 0.3 is 0 Å². The number of benzene rings is 2. The third-order valence-electron chi connectivity index (χ3n) is 2.28. The van der Waals surface area contributed by atoms with E-state index in [4.69, 9.17) is 39.5 Å². The van der Waals surface area contributed by atoms with E-state index in [1.165, 1.54) is 18.2 Å². The molecule has 2 aromatic rings. The normalized spacial score (nSPS) is 10.4. The van der Waals surface area contributed by atoms with E-state index in [1.807, 2.05) is 0 Å². The summed E-state index contributed by atoms with van der Waals surface area (Å²) in [6.45, 7) is 0.0342. The molecule has 5 heteroatoms. The molecule has 0 saturated carbocycles. The van der Waals surface area contributed by atoms with Crippen LogP contribution in [-0.4, -0.2) is 0 Å². The Morgan fingerprint density at radius 2 is 1.61 bits per heavy atom.